The van der Waals surface area contributed by atoms with Crippen molar-refractivity contribution in [2.45, 2.75) is 114 Å². The minimum Gasteiger partial charge on any atom is -0.340 e. The lowest BCUT2D eigenvalue weighted by atomic mass is 10.0. The summed E-state index contributed by atoms with van der Waals surface area (Å²) in [6, 6.07) is 17.1. The van der Waals surface area contributed by atoms with Gasteiger partial charge in [-0.2, -0.15) is 0 Å². The fraction of sp³-hybridized carbons (Fsp3) is 0.500. The van der Waals surface area contributed by atoms with Gasteiger partial charge in [0, 0.05) is 37.3 Å². The first-order chi connectivity index (χ1) is 27.2. The molecular weight excluding hydrogens is 705 g/mol. The van der Waals surface area contributed by atoms with Crippen LogP contribution >= 0.6 is 0 Å². The van der Waals surface area contributed by atoms with Gasteiger partial charge < -0.3 is 29.6 Å². The SMILES string of the molecule is C[C@@H]1CCN(C(=O)C(=O)N(C2CC2)C2CC2)C1c1ncc(-c2ccc(-c3ccc(-c4cnc([C@@H]5[C@H](C)CCN5C(=O)C(=O)N(C5CC5)C5CC5)[nH]4)cc3)cc2)[nH]1. The van der Waals surface area contributed by atoms with Crippen LogP contribution < -0.4 is 0 Å². The lowest BCUT2D eigenvalue weighted by Crippen LogP contribution is -2.47. The number of hydrogen-bond acceptors (Lipinski definition) is 6. The van der Waals surface area contributed by atoms with Crippen molar-refractivity contribution in [1.82, 2.24) is 39.5 Å². The first-order valence-electron chi connectivity index (χ1n) is 20.8. The second-order valence-electron chi connectivity index (χ2n) is 17.3. The number of aromatic amines is 2. The quantitative estimate of drug-likeness (QED) is 0.194. The van der Waals surface area contributed by atoms with E-state index in [0.717, 1.165) is 109 Å². The van der Waals surface area contributed by atoms with Crippen molar-refractivity contribution < 1.29 is 19.2 Å². The van der Waals surface area contributed by atoms with Crippen LogP contribution in [0.3, 0.4) is 0 Å². The molecule has 4 saturated carbocycles. The maximum absolute atomic E-state index is 13.6. The summed E-state index contributed by atoms with van der Waals surface area (Å²) in [4.78, 5) is 77.6. The van der Waals surface area contributed by atoms with Crippen LogP contribution in [0.5, 0.6) is 0 Å². The Morgan fingerprint density at radius 3 is 1.16 bits per heavy atom. The van der Waals surface area contributed by atoms with Crippen molar-refractivity contribution in [2.24, 2.45) is 11.8 Å². The van der Waals surface area contributed by atoms with E-state index in [-0.39, 0.29) is 59.9 Å². The zero-order valence-corrected chi connectivity index (χ0v) is 32.2. The molecule has 2 aliphatic heterocycles. The number of H-pyrrole nitrogens is 2. The highest BCUT2D eigenvalue weighted by molar-refractivity contribution is 6.35. The van der Waals surface area contributed by atoms with E-state index in [1.165, 1.54) is 0 Å². The molecule has 2 aromatic heterocycles. The van der Waals surface area contributed by atoms with Crippen LogP contribution in [0.25, 0.3) is 33.6 Å². The van der Waals surface area contributed by atoms with Gasteiger partial charge in [0.2, 0.25) is 0 Å². The van der Waals surface area contributed by atoms with Crippen LogP contribution in [0.4, 0.5) is 0 Å². The number of carbonyl (C=O) groups is 4. The molecule has 290 valence electrons. The largest absolute Gasteiger partial charge is 0.340 e. The lowest BCUT2D eigenvalue weighted by molar-refractivity contribution is -0.153. The maximum Gasteiger partial charge on any atom is 0.312 e. The van der Waals surface area contributed by atoms with Gasteiger partial charge in [-0.3, -0.25) is 19.2 Å². The first kappa shape index (κ1) is 35.2. The Balaban J connectivity index is 0.803. The maximum atomic E-state index is 13.6. The highest BCUT2D eigenvalue weighted by Gasteiger charge is 2.49. The Hall–Kier alpha value is -5.26. The highest BCUT2D eigenvalue weighted by atomic mass is 16.2. The molecule has 0 radical (unpaired) electrons. The van der Waals surface area contributed by atoms with Crippen LogP contribution in [0.1, 0.15) is 102 Å². The van der Waals surface area contributed by atoms with E-state index < -0.39 is 11.8 Å². The summed E-state index contributed by atoms with van der Waals surface area (Å²) in [7, 11) is 0. The fourth-order valence-corrected chi connectivity index (χ4v) is 9.27. The molecule has 2 N–H and O–H groups in total. The van der Waals surface area contributed by atoms with Crippen molar-refractivity contribution in [3.05, 3.63) is 72.6 Å². The number of hydrogen-bond donors (Lipinski definition) is 2. The summed E-state index contributed by atoms with van der Waals surface area (Å²) in [5.41, 5.74) is 5.88. The molecule has 6 fully saturated rings. The Morgan fingerprint density at radius 1 is 0.518 bits per heavy atom. The zero-order chi connectivity index (χ0) is 38.2. The molecule has 4 atom stereocenters. The molecular formula is C44H50N8O4. The summed E-state index contributed by atoms with van der Waals surface area (Å²) in [6.45, 7) is 5.38. The molecule has 0 bridgehead atoms. The van der Waals surface area contributed by atoms with E-state index in [9.17, 15) is 19.2 Å². The van der Waals surface area contributed by atoms with E-state index in [1.54, 1.807) is 9.80 Å². The Morgan fingerprint density at radius 2 is 0.839 bits per heavy atom. The number of aromatic nitrogens is 4. The number of benzene rings is 2. The van der Waals surface area contributed by atoms with Gasteiger partial charge in [0.05, 0.1) is 35.9 Å². The molecule has 0 spiro atoms. The van der Waals surface area contributed by atoms with Crippen molar-refractivity contribution in [3.63, 3.8) is 0 Å². The average Bonchev–Trinajstić information content (AvgIpc) is 4.08. The summed E-state index contributed by atoms with van der Waals surface area (Å²) < 4.78 is 0. The van der Waals surface area contributed by atoms with E-state index in [2.05, 4.69) is 72.3 Å². The molecule has 2 saturated heterocycles. The Bertz CT molecular complexity index is 1980. The third-order valence-corrected chi connectivity index (χ3v) is 13.0. The van der Waals surface area contributed by atoms with Crippen molar-refractivity contribution in [1.29, 1.82) is 0 Å². The molecule has 2 aromatic carbocycles. The van der Waals surface area contributed by atoms with Gasteiger partial charge in [0.25, 0.3) is 0 Å². The van der Waals surface area contributed by atoms with Crippen LogP contribution in [0.2, 0.25) is 0 Å². The molecule has 12 nitrogen and oxygen atoms in total. The van der Waals surface area contributed by atoms with E-state index in [4.69, 9.17) is 9.97 Å². The molecule has 1 unspecified atom stereocenters. The summed E-state index contributed by atoms with van der Waals surface area (Å²) >= 11 is 0. The van der Waals surface area contributed by atoms with E-state index >= 15 is 0 Å². The molecule has 4 amide bonds. The molecule has 10 rings (SSSR count). The predicted molar refractivity (Wildman–Crippen MR) is 209 cm³/mol. The zero-order valence-electron chi connectivity index (χ0n) is 32.2. The standard InChI is InChI=1S/C44H50N8O4/c1-25-19-21-49(41(53)43(55)51(31-11-12-31)32-13-14-32)37(25)39-45-23-35(47-39)29-7-3-27(4-8-29)28-5-9-30(10-6-28)36-24-46-40(48-36)38-26(2)20-22-50(38)42(54)44(56)52(33-15-16-33)34-17-18-34/h3-10,23-26,31-34,37-38H,11-22H2,1-2H3,(H,45,47)(H,46,48)/t25-,26-,37+,38?/m1/s1. The Labute approximate surface area is 327 Å². The van der Waals surface area contributed by atoms with Gasteiger partial charge in [-0.05, 0) is 98.3 Å². The summed E-state index contributed by atoms with van der Waals surface area (Å²) in [6.07, 6.45) is 13.3. The van der Waals surface area contributed by atoms with E-state index in [1.807, 2.05) is 22.2 Å². The topological polar surface area (TPSA) is 139 Å². The van der Waals surface area contributed by atoms with Crippen molar-refractivity contribution in [2.75, 3.05) is 13.1 Å². The molecule has 4 aromatic rings. The van der Waals surface area contributed by atoms with Crippen LogP contribution in [0.15, 0.2) is 60.9 Å². The third-order valence-electron chi connectivity index (χ3n) is 13.0. The van der Waals surface area contributed by atoms with Gasteiger partial charge in [-0.25, -0.2) is 9.97 Å². The number of amides is 4. The Kier molecular flexibility index (Phi) is 8.63. The monoisotopic (exact) mass is 754 g/mol. The highest BCUT2D eigenvalue weighted by Crippen LogP contribution is 2.42. The first-order valence-corrected chi connectivity index (χ1v) is 20.8. The number of nitrogens with zero attached hydrogens (tertiary/aromatic N) is 6. The van der Waals surface area contributed by atoms with Gasteiger partial charge in [-0.15, -0.1) is 0 Å². The summed E-state index contributed by atoms with van der Waals surface area (Å²) in [5, 5.41) is 0. The average molecular weight is 755 g/mol. The van der Waals surface area contributed by atoms with E-state index in [0.29, 0.717) is 13.1 Å². The van der Waals surface area contributed by atoms with Gasteiger partial charge in [-0.1, -0.05) is 62.4 Å². The lowest BCUT2D eigenvalue weighted by Gasteiger charge is -2.28. The number of rotatable bonds is 9. The molecule has 4 aliphatic carbocycles. The summed E-state index contributed by atoms with van der Waals surface area (Å²) in [5.74, 6) is 0.370. The second kappa shape index (κ2) is 13.7. The minimum absolute atomic E-state index is 0.190. The molecule has 56 heavy (non-hydrogen) atoms. The third kappa shape index (κ3) is 6.50. The van der Waals surface area contributed by atoms with Crippen LogP contribution in [-0.2, 0) is 19.2 Å². The number of likely N-dealkylation sites (tertiary alicyclic amines) is 2. The van der Waals surface area contributed by atoms with Gasteiger partial charge >= 0.3 is 23.6 Å². The second-order valence-corrected chi connectivity index (χ2v) is 17.3. The number of nitrogens with one attached hydrogen (secondary N) is 2. The van der Waals surface area contributed by atoms with Crippen LogP contribution in [-0.4, -0.2) is 100 Å². The predicted octanol–water partition coefficient (Wildman–Crippen LogP) is 6.26. The number of carbonyl (C=O) groups excluding carboxylic acids is 4. The van der Waals surface area contributed by atoms with Crippen molar-refractivity contribution in [3.8, 4) is 33.6 Å². The normalized spacial score (nSPS) is 24.8. The van der Waals surface area contributed by atoms with Crippen LogP contribution in [0, 0.1) is 11.8 Å². The minimum atomic E-state index is -0.390. The van der Waals surface area contributed by atoms with Gasteiger partial charge in [0.15, 0.2) is 0 Å². The molecule has 12 heteroatoms. The van der Waals surface area contributed by atoms with Crippen molar-refractivity contribution >= 4 is 23.6 Å². The molecule has 4 heterocycles. The molecule has 6 aliphatic rings. The smallest absolute Gasteiger partial charge is 0.312 e. The fourth-order valence-electron chi connectivity index (χ4n) is 9.27. The number of imidazole rings is 2. The van der Waals surface area contributed by atoms with Gasteiger partial charge in [0.1, 0.15) is 11.6 Å².